The van der Waals surface area contributed by atoms with Gasteiger partial charge >= 0.3 is 0 Å². The van der Waals surface area contributed by atoms with Crippen molar-refractivity contribution in [2.24, 2.45) is 5.92 Å². The van der Waals surface area contributed by atoms with Gasteiger partial charge in [-0.05, 0) is 62.9 Å². The number of halogens is 2. The monoisotopic (exact) mass is 374 g/mol. The minimum absolute atomic E-state index is 0. The second-order valence-corrected chi connectivity index (χ2v) is 7.05. The molecule has 2 fully saturated rings. The molecule has 1 aromatic rings. The Bertz CT molecular complexity index is 530. The van der Waals surface area contributed by atoms with Gasteiger partial charge in [0.2, 0.25) is 0 Å². The molecule has 0 unspecified atom stereocenters. The van der Waals surface area contributed by atoms with Crippen LogP contribution in [-0.4, -0.2) is 44.8 Å². The maximum absolute atomic E-state index is 6.49. The SMILES string of the molecule is COc1ccc(CN2CCC(NCC3CC3)CC2)c(Cl)c1OC.Cl. The molecule has 136 valence electrons. The van der Waals surface area contributed by atoms with Gasteiger partial charge in [-0.3, -0.25) is 4.90 Å². The number of likely N-dealkylation sites (tertiary alicyclic amines) is 1. The van der Waals surface area contributed by atoms with E-state index in [0.717, 1.165) is 31.1 Å². The van der Waals surface area contributed by atoms with Crippen molar-refractivity contribution in [1.29, 1.82) is 0 Å². The zero-order valence-electron chi connectivity index (χ0n) is 14.5. The van der Waals surface area contributed by atoms with Gasteiger partial charge in [0.15, 0.2) is 11.5 Å². The topological polar surface area (TPSA) is 33.7 Å². The summed E-state index contributed by atoms with van der Waals surface area (Å²) in [7, 11) is 3.26. The molecule has 0 bridgehead atoms. The summed E-state index contributed by atoms with van der Waals surface area (Å²) in [6.07, 6.45) is 5.28. The fraction of sp³-hybridized carbons (Fsp3) is 0.667. The molecule has 2 aliphatic rings. The van der Waals surface area contributed by atoms with Crippen molar-refractivity contribution in [3.8, 4) is 11.5 Å². The highest BCUT2D eigenvalue weighted by Gasteiger charge is 2.25. The normalized spacial score (nSPS) is 19.0. The first-order chi connectivity index (χ1) is 11.2. The lowest BCUT2D eigenvalue weighted by Crippen LogP contribution is -2.42. The molecule has 1 aromatic carbocycles. The summed E-state index contributed by atoms with van der Waals surface area (Å²) in [5.41, 5.74) is 1.11. The number of nitrogens with one attached hydrogen (secondary N) is 1. The standard InChI is InChI=1S/C18H27ClN2O2.ClH/c1-22-16-6-5-14(17(19)18(16)23-2)12-21-9-7-15(8-10-21)20-11-13-3-4-13;/h5-6,13,15,20H,3-4,7-12H2,1-2H3;1H. The molecule has 1 aliphatic heterocycles. The average Bonchev–Trinajstić information content (AvgIpc) is 3.40. The average molecular weight is 375 g/mol. The van der Waals surface area contributed by atoms with Crippen molar-refractivity contribution in [3.63, 3.8) is 0 Å². The van der Waals surface area contributed by atoms with E-state index in [1.165, 1.54) is 32.2 Å². The summed E-state index contributed by atoms with van der Waals surface area (Å²) < 4.78 is 10.7. The van der Waals surface area contributed by atoms with E-state index in [1.54, 1.807) is 14.2 Å². The van der Waals surface area contributed by atoms with Gasteiger partial charge in [-0.25, -0.2) is 0 Å². The third-order valence-electron chi connectivity index (χ3n) is 4.94. The van der Waals surface area contributed by atoms with Gasteiger partial charge < -0.3 is 14.8 Å². The van der Waals surface area contributed by atoms with E-state index in [9.17, 15) is 0 Å². The predicted molar refractivity (Wildman–Crippen MR) is 101 cm³/mol. The molecule has 0 amide bonds. The summed E-state index contributed by atoms with van der Waals surface area (Å²) in [6.45, 7) is 4.32. The van der Waals surface area contributed by atoms with E-state index in [2.05, 4.69) is 10.2 Å². The Morgan fingerprint density at radius 2 is 1.83 bits per heavy atom. The molecular weight excluding hydrogens is 347 g/mol. The van der Waals surface area contributed by atoms with Crippen LogP contribution in [0.15, 0.2) is 12.1 Å². The van der Waals surface area contributed by atoms with Crippen molar-refractivity contribution >= 4 is 24.0 Å². The highest BCUT2D eigenvalue weighted by molar-refractivity contribution is 6.33. The van der Waals surface area contributed by atoms with E-state index >= 15 is 0 Å². The number of methoxy groups -OCH3 is 2. The van der Waals surface area contributed by atoms with Crippen molar-refractivity contribution in [3.05, 3.63) is 22.7 Å². The van der Waals surface area contributed by atoms with E-state index in [0.29, 0.717) is 22.6 Å². The first-order valence-electron chi connectivity index (χ1n) is 8.56. The molecule has 0 aromatic heterocycles. The number of ether oxygens (including phenoxy) is 2. The van der Waals surface area contributed by atoms with Gasteiger partial charge in [-0.15, -0.1) is 12.4 Å². The van der Waals surface area contributed by atoms with Crippen LogP contribution in [-0.2, 0) is 6.54 Å². The maximum atomic E-state index is 6.49. The molecule has 1 saturated carbocycles. The van der Waals surface area contributed by atoms with E-state index in [4.69, 9.17) is 21.1 Å². The highest BCUT2D eigenvalue weighted by Crippen LogP contribution is 2.38. The molecule has 0 radical (unpaired) electrons. The van der Waals surface area contributed by atoms with Crippen LogP contribution in [0.25, 0.3) is 0 Å². The van der Waals surface area contributed by atoms with Crippen molar-refractivity contribution in [1.82, 2.24) is 10.2 Å². The second kappa shape index (κ2) is 9.14. The van der Waals surface area contributed by atoms with Crippen LogP contribution in [0.3, 0.4) is 0 Å². The Kier molecular flexibility index (Phi) is 7.48. The summed E-state index contributed by atoms with van der Waals surface area (Å²) in [5.74, 6) is 2.27. The van der Waals surface area contributed by atoms with Crippen LogP contribution >= 0.6 is 24.0 Å². The maximum Gasteiger partial charge on any atom is 0.179 e. The number of hydrogen-bond donors (Lipinski definition) is 1. The zero-order chi connectivity index (χ0) is 16.2. The Balaban J connectivity index is 0.00000208. The summed E-state index contributed by atoms with van der Waals surface area (Å²) >= 11 is 6.49. The lowest BCUT2D eigenvalue weighted by molar-refractivity contribution is 0.190. The van der Waals surface area contributed by atoms with Gasteiger partial charge in [0.05, 0.1) is 19.2 Å². The van der Waals surface area contributed by atoms with Crippen LogP contribution in [0, 0.1) is 5.92 Å². The van der Waals surface area contributed by atoms with E-state index in [1.807, 2.05) is 12.1 Å². The van der Waals surface area contributed by atoms with Crippen LogP contribution in [0.4, 0.5) is 0 Å². The number of nitrogens with zero attached hydrogens (tertiary/aromatic N) is 1. The third kappa shape index (κ3) is 4.92. The Labute approximate surface area is 156 Å². The van der Waals surface area contributed by atoms with Crippen molar-refractivity contribution in [2.45, 2.75) is 38.3 Å². The van der Waals surface area contributed by atoms with Gasteiger partial charge in [-0.2, -0.15) is 0 Å². The van der Waals surface area contributed by atoms with Gasteiger partial charge in [0, 0.05) is 12.6 Å². The molecule has 1 aliphatic carbocycles. The van der Waals surface area contributed by atoms with Gasteiger partial charge in [-0.1, -0.05) is 17.7 Å². The quantitative estimate of drug-likeness (QED) is 0.787. The first-order valence-corrected chi connectivity index (χ1v) is 8.94. The lowest BCUT2D eigenvalue weighted by atomic mass is 10.0. The number of piperidine rings is 1. The number of rotatable bonds is 7. The predicted octanol–water partition coefficient (Wildman–Crippen LogP) is 3.74. The van der Waals surface area contributed by atoms with Crippen LogP contribution < -0.4 is 14.8 Å². The van der Waals surface area contributed by atoms with Crippen LogP contribution in [0.2, 0.25) is 5.02 Å². The second-order valence-electron chi connectivity index (χ2n) is 6.68. The van der Waals surface area contributed by atoms with Crippen LogP contribution in [0.1, 0.15) is 31.2 Å². The Morgan fingerprint density at radius 1 is 1.12 bits per heavy atom. The molecule has 24 heavy (non-hydrogen) atoms. The molecule has 1 N–H and O–H groups in total. The van der Waals surface area contributed by atoms with Crippen molar-refractivity contribution < 1.29 is 9.47 Å². The molecule has 1 heterocycles. The summed E-state index contributed by atoms with van der Waals surface area (Å²) in [5, 5.41) is 4.39. The van der Waals surface area contributed by atoms with Crippen molar-refractivity contribution in [2.75, 3.05) is 33.9 Å². The molecule has 0 spiro atoms. The van der Waals surface area contributed by atoms with E-state index in [-0.39, 0.29) is 12.4 Å². The van der Waals surface area contributed by atoms with E-state index < -0.39 is 0 Å². The largest absolute Gasteiger partial charge is 0.493 e. The Hall–Kier alpha value is -0.680. The number of benzene rings is 1. The van der Waals surface area contributed by atoms with Crippen LogP contribution in [0.5, 0.6) is 11.5 Å². The van der Waals surface area contributed by atoms with Gasteiger partial charge in [0.1, 0.15) is 0 Å². The molecule has 4 nitrogen and oxygen atoms in total. The third-order valence-corrected chi connectivity index (χ3v) is 5.35. The fourth-order valence-corrected chi connectivity index (χ4v) is 3.54. The molecular formula is C18H28Cl2N2O2. The number of hydrogen-bond acceptors (Lipinski definition) is 4. The lowest BCUT2D eigenvalue weighted by Gasteiger charge is -2.32. The molecule has 0 atom stereocenters. The minimum Gasteiger partial charge on any atom is -0.493 e. The zero-order valence-corrected chi connectivity index (χ0v) is 16.1. The minimum atomic E-state index is 0. The molecule has 1 saturated heterocycles. The smallest absolute Gasteiger partial charge is 0.179 e. The summed E-state index contributed by atoms with van der Waals surface area (Å²) in [4.78, 5) is 2.47. The highest BCUT2D eigenvalue weighted by atomic mass is 35.5. The Morgan fingerprint density at radius 3 is 2.42 bits per heavy atom. The molecule has 6 heteroatoms. The van der Waals surface area contributed by atoms with Gasteiger partial charge in [0.25, 0.3) is 0 Å². The first kappa shape index (κ1) is 19.6. The summed E-state index contributed by atoms with van der Waals surface area (Å²) in [6, 6.07) is 4.66. The molecule has 3 rings (SSSR count). The fourth-order valence-electron chi connectivity index (χ4n) is 3.24.